The second-order valence-corrected chi connectivity index (χ2v) is 4.80. The summed E-state index contributed by atoms with van der Waals surface area (Å²) in [5.74, 6) is -0.417. The Morgan fingerprint density at radius 1 is 1.53 bits per heavy atom. The molecule has 0 atom stereocenters. The maximum absolute atomic E-state index is 12.9. The first-order chi connectivity index (χ1) is 8.06. The minimum atomic E-state index is -0.452. The summed E-state index contributed by atoms with van der Waals surface area (Å²) in [5.41, 5.74) is 6.40. The van der Waals surface area contributed by atoms with Gasteiger partial charge in [0.25, 0.3) is 0 Å². The molecule has 17 heavy (non-hydrogen) atoms. The predicted molar refractivity (Wildman–Crippen MR) is 64.0 cm³/mol. The lowest BCUT2D eigenvalue weighted by atomic mass is 9.80. The van der Waals surface area contributed by atoms with Gasteiger partial charge < -0.3 is 11.1 Å². The summed E-state index contributed by atoms with van der Waals surface area (Å²) in [6.07, 6.45) is 1.49. The largest absolute Gasteiger partial charge is 0.352 e. The number of halogens is 2. The molecule has 1 aliphatic rings. The van der Waals surface area contributed by atoms with E-state index < -0.39 is 5.82 Å². The Bertz CT molecular complexity index is 433. The lowest BCUT2D eigenvalue weighted by Gasteiger charge is -2.31. The van der Waals surface area contributed by atoms with Crippen LogP contribution in [0, 0.1) is 11.7 Å². The first kappa shape index (κ1) is 12.3. The maximum Gasteiger partial charge on any atom is 0.223 e. The topological polar surface area (TPSA) is 55.1 Å². The van der Waals surface area contributed by atoms with Crippen molar-refractivity contribution in [2.45, 2.75) is 25.4 Å². The van der Waals surface area contributed by atoms with Gasteiger partial charge in [-0.25, -0.2) is 4.39 Å². The van der Waals surface area contributed by atoms with E-state index in [0.717, 1.165) is 18.4 Å². The van der Waals surface area contributed by atoms with E-state index in [-0.39, 0.29) is 22.9 Å². The van der Waals surface area contributed by atoms with Crippen LogP contribution in [0.25, 0.3) is 0 Å². The van der Waals surface area contributed by atoms with Crippen molar-refractivity contribution < 1.29 is 9.18 Å². The number of carbonyl (C=O) groups excluding carboxylic acids is 1. The Balaban J connectivity index is 1.85. The molecule has 1 amide bonds. The van der Waals surface area contributed by atoms with Crippen LogP contribution in [0.5, 0.6) is 0 Å². The standard InChI is InChI=1S/C12H14ClFN2O/c13-10-3-7(1-2-11(10)14)6-16-12(17)8-4-9(15)5-8/h1-3,8-9H,4-6,15H2,(H,16,17). The molecular formula is C12H14ClFN2O. The highest BCUT2D eigenvalue weighted by atomic mass is 35.5. The van der Waals surface area contributed by atoms with Crippen molar-refractivity contribution in [1.29, 1.82) is 0 Å². The van der Waals surface area contributed by atoms with Crippen LogP contribution in [0.4, 0.5) is 4.39 Å². The van der Waals surface area contributed by atoms with E-state index in [1.54, 1.807) is 6.07 Å². The summed E-state index contributed by atoms with van der Waals surface area (Å²) in [6.45, 7) is 0.366. The highest BCUT2D eigenvalue weighted by molar-refractivity contribution is 6.30. The number of rotatable bonds is 3. The summed E-state index contributed by atoms with van der Waals surface area (Å²) < 4.78 is 12.9. The number of nitrogens with one attached hydrogen (secondary N) is 1. The molecule has 1 saturated carbocycles. The average molecular weight is 257 g/mol. The second kappa shape index (κ2) is 5.02. The highest BCUT2D eigenvalue weighted by Crippen LogP contribution is 2.25. The van der Waals surface area contributed by atoms with Crippen LogP contribution in [-0.2, 0) is 11.3 Å². The van der Waals surface area contributed by atoms with E-state index in [4.69, 9.17) is 17.3 Å². The molecule has 2 rings (SSSR count). The molecule has 92 valence electrons. The molecule has 0 saturated heterocycles. The molecule has 0 spiro atoms. The summed E-state index contributed by atoms with van der Waals surface area (Å²) in [5, 5.41) is 2.86. The molecule has 0 heterocycles. The highest BCUT2D eigenvalue weighted by Gasteiger charge is 2.31. The van der Waals surface area contributed by atoms with Crippen molar-refractivity contribution in [1.82, 2.24) is 5.32 Å². The van der Waals surface area contributed by atoms with Gasteiger partial charge in [-0.3, -0.25) is 4.79 Å². The first-order valence-electron chi connectivity index (χ1n) is 5.53. The fraction of sp³-hybridized carbons (Fsp3) is 0.417. The Labute approximate surface area is 104 Å². The second-order valence-electron chi connectivity index (χ2n) is 4.39. The van der Waals surface area contributed by atoms with Crippen LogP contribution in [0.15, 0.2) is 18.2 Å². The Morgan fingerprint density at radius 3 is 2.82 bits per heavy atom. The minimum absolute atomic E-state index is 0.00662. The lowest BCUT2D eigenvalue weighted by Crippen LogP contribution is -2.44. The Morgan fingerprint density at radius 2 is 2.24 bits per heavy atom. The fourth-order valence-electron chi connectivity index (χ4n) is 1.86. The lowest BCUT2D eigenvalue weighted by molar-refractivity contribution is -0.128. The third-order valence-electron chi connectivity index (χ3n) is 3.00. The molecule has 1 aromatic carbocycles. The van der Waals surface area contributed by atoms with Crippen molar-refractivity contribution in [3.63, 3.8) is 0 Å². The summed E-state index contributed by atoms with van der Waals surface area (Å²) >= 11 is 5.65. The van der Waals surface area contributed by atoms with Gasteiger partial charge in [0.2, 0.25) is 5.91 Å². The zero-order valence-corrected chi connectivity index (χ0v) is 10.0. The number of benzene rings is 1. The van der Waals surface area contributed by atoms with Crippen molar-refractivity contribution in [2.24, 2.45) is 11.7 Å². The quantitative estimate of drug-likeness (QED) is 0.867. The van der Waals surface area contributed by atoms with Crippen molar-refractivity contribution >= 4 is 17.5 Å². The van der Waals surface area contributed by atoms with Gasteiger partial charge in [0.1, 0.15) is 5.82 Å². The molecule has 5 heteroatoms. The SMILES string of the molecule is NC1CC(C(=O)NCc2ccc(F)c(Cl)c2)C1. The summed E-state index contributed by atoms with van der Waals surface area (Å²) in [7, 11) is 0. The van der Waals surface area contributed by atoms with Crippen LogP contribution in [-0.4, -0.2) is 11.9 Å². The van der Waals surface area contributed by atoms with Crippen LogP contribution in [0.2, 0.25) is 5.02 Å². The summed E-state index contributed by atoms with van der Waals surface area (Å²) in [4.78, 5) is 11.6. The van der Waals surface area contributed by atoms with Crippen LogP contribution < -0.4 is 11.1 Å². The van der Waals surface area contributed by atoms with Crippen LogP contribution >= 0.6 is 11.6 Å². The third kappa shape index (κ3) is 2.96. The molecule has 0 bridgehead atoms. The van der Waals surface area contributed by atoms with Gasteiger partial charge in [0.15, 0.2) is 0 Å². The molecule has 3 nitrogen and oxygen atoms in total. The number of nitrogens with two attached hydrogens (primary N) is 1. The zero-order valence-electron chi connectivity index (χ0n) is 9.25. The normalized spacial score (nSPS) is 23.0. The van der Waals surface area contributed by atoms with Gasteiger partial charge in [0, 0.05) is 18.5 Å². The van der Waals surface area contributed by atoms with E-state index in [9.17, 15) is 9.18 Å². The van der Waals surface area contributed by atoms with Crippen LogP contribution in [0.3, 0.4) is 0 Å². The molecule has 1 fully saturated rings. The molecule has 0 unspecified atom stereocenters. The molecule has 0 aromatic heterocycles. The number of amides is 1. The van der Waals surface area contributed by atoms with Gasteiger partial charge in [-0.2, -0.15) is 0 Å². The summed E-state index contributed by atoms with van der Waals surface area (Å²) in [6, 6.07) is 4.58. The number of carbonyl (C=O) groups is 1. The number of hydrogen-bond donors (Lipinski definition) is 2. The van der Waals surface area contributed by atoms with Gasteiger partial charge in [0.05, 0.1) is 5.02 Å². The van der Waals surface area contributed by atoms with Crippen molar-refractivity contribution in [3.8, 4) is 0 Å². The van der Waals surface area contributed by atoms with Crippen LogP contribution in [0.1, 0.15) is 18.4 Å². The number of hydrogen-bond acceptors (Lipinski definition) is 2. The average Bonchev–Trinajstić information content (AvgIpc) is 2.26. The molecular weight excluding hydrogens is 243 g/mol. The van der Waals surface area contributed by atoms with Gasteiger partial charge in [-0.1, -0.05) is 17.7 Å². The Kier molecular flexibility index (Phi) is 3.64. The first-order valence-corrected chi connectivity index (χ1v) is 5.91. The minimum Gasteiger partial charge on any atom is -0.352 e. The van der Waals surface area contributed by atoms with E-state index >= 15 is 0 Å². The molecule has 0 aliphatic heterocycles. The van der Waals surface area contributed by atoms with E-state index in [2.05, 4.69) is 5.32 Å². The van der Waals surface area contributed by atoms with E-state index in [0.29, 0.717) is 6.54 Å². The zero-order chi connectivity index (χ0) is 12.4. The van der Waals surface area contributed by atoms with Crippen molar-refractivity contribution in [2.75, 3.05) is 0 Å². The van der Waals surface area contributed by atoms with Gasteiger partial charge in [-0.15, -0.1) is 0 Å². The Hall–Kier alpha value is -1.13. The predicted octanol–water partition coefficient (Wildman–Crippen LogP) is 1.83. The molecule has 3 N–H and O–H groups in total. The molecule has 1 aromatic rings. The fourth-order valence-corrected chi connectivity index (χ4v) is 2.06. The van der Waals surface area contributed by atoms with E-state index in [1.165, 1.54) is 12.1 Å². The van der Waals surface area contributed by atoms with Crippen molar-refractivity contribution in [3.05, 3.63) is 34.6 Å². The smallest absolute Gasteiger partial charge is 0.223 e. The monoisotopic (exact) mass is 256 g/mol. The molecule has 1 aliphatic carbocycles. The third-order valence-corrected chi connectivity index (χ3v) is 3.29. The van der Waals surface area contributed by atoms with Gasteiger partial charge >= 0.3 is 0 Å². The maximum atomic E-state index is 12.9. The molecule has 0 radical (unpaired) electrons. The van der Waals surface area contributed by atoms with Gasteiger partial charge in [-0.05, 0) is 30.5 Å². The van der Waals surface area contributed by atoms with E-state index in [1.807, 2.05) is 0 Å².